The summed E-state index contributed by atoms with van der Waals surface area (Å²) in [5.41, 5.74) is 1.40. The number of rotatable bonds is 5. The second-order valence-corrected chi connectivity index (χ2v) is 6.04. The van der Waals surface area contributed by atoms with E-state index in [2.05, 4.69) is 36.8 Å². The summed E-state index contributed by atoms with van der Waals surface area (Å²) < 4.78 is 5.96. The summed E-state index contributed by atoms with van der Waals surface area (Å²) >= 11 is 3.34. The lowest BCUT2D eigenvalue weighted by atomic mass is 10.2. The van der Waals surface area contributed by atoms with Gasteiger partial charge in [0.2, 0.25) is 0 Å². The summed E-state index contributed by atoms with van der Waals surface area (Å²) in [4.78, 5) is 12.2. The molecule has 1 aromatic heterocycles. The maximum Gasteiger partial charge on any atom is 0.256 e. The van der Waals surface area contributed by atoms with E-state index in [-0.39, 0.29) is 5.91 Å². The van der Waals surface area contributed by atoms with E-state index >= 15 is 0 Å². The van der Waals surface area contributed by atoms with Gasteiger partial charge in [-0.3, -0.25) is 4.79 Å². The largest absolute Gasteiger partial charge is 0.497 e. The van der Waals surface area contributed by atoms with Gasteiger partial charge in [-0.2, -0.15) is 0 Å². The second-order valence-electron chi connectivity index (χ2n) is 5.12. The van der Waals surface area contributed by atoms with Crippen LogP contribution in [0.2, 0.25) is 0 Å². The van der Waals surface area contributed by atoms with Gasteiger partial charge >= 0.3 is 0 Å². The standard InChI is InChI=1S/C18H15BrN4O2/c1-25-15-7-5-14(6-8-15)20-16-9-10-17(23-22-16)21-18(24)12-3-2-4-13(19)11-12/h2-11H,1H3,(H,20,22)(H,21,23,24). The van der Waals surface area contributed by atoms with Crippen molar-refractivity contribution in [2.75, 3.05) is 17.7 Å². The summed E-state index contributed by atoms with van der Waals surface area (Å²) in [7, 11) is 1.62. The highest BCUT2D eigenvalue weighted by Crippen LogP contribution is 2.19. The molecule has 0 radical (unpaired) electrons. The Balaban J connectivity index is 1.64. The van der Waals surface area contributed by atoms with Gasteiger partial charge in [0.15, 0.2) is 11.6 Å². The average Bonchev–Trinajstić information content (AvgIpc) is 2.64. The number of anilines is 3. The molecular weight excluding hydrogens is 384 g/mol. The zero-order valence-electron chi connectivity index (χ0n) is 13.4. The molecule has 0 spiro atoms. The van der Waals surface area contributed by atoms with Gasteiger partial charge in [0.05, 0.1) is 7.11 Å². The minimum Gasteiger partial charge on any atom is -0.497 e. The summed E-state index contributed by atoms with van der Waals surface area (Å²) in [6.45, 7) is 0. The number of ether oxygens (including phenoxy) is 1. The number of hydrogen-bond donors (Lipinski definition) is 2. The summed E-state index contributed by atoms with van der Waals surface area (Å²) in [6.07, 6.45) is 0. The molecule has 126 valence electrons. The predicted molar refractivity (Wildman–Crippen MR) is 100 cm³/mol. The molecule has 2 N–H and O–H groups in total. The van der Waals surface area contributed by atoms with E-state index in [4.69, 9.17) is 4.74 Å². The predicted octanol–water partition coefficient (Wildman–Crippen LogP) is 4.24. The highest BCUT2D eigenvalue weighted by atomic mass is 79.9. The van der Waals surface area contributed by atoms with Crippen LogP contribution in [0.5, 0.6) is 5.75 Å². The maximum absolute atomic E-state index is 12.2. The van der Waals surface area contributed by atoms with Crippen molar-refractivity contribution in [1.29, 1.82) is 0 Å². The average molecular weight is 399 g/mol. The Bertz CT molecular complexity index is 867. The Labute approximate surface area is 153 Å². The zero-order chi connectivity index (χ0) is 17.6. The molecule has 2 aromatic carbocycles. The van der Waals surface area contributed by atoms with E-state index in [1.165, 1.54) is 0 Å². The number of amides is 1. The molecule has 0 aliphatic rings. The molecular formula is C18H15BrN4O2. The van der Waals surface area contributed by atoms with Crippen LogP contribution in [-0.4, -0.2) is 23.2 Å². The van der Waals surface area contributed by atoms with Crippen molar-refractivity contribution in [3.05, 3.63) is 70.7 Å². The highest BCUT2D eigenvalue weighted by Gasteiger charge is 2.07. The summed E-state index contributed by atoms with van der Waals surface area (Å²) in [5, 5.41) is 13.9. The first-order chi connectivity index (χ1) is 12.1. The van der Waals surface area contributed by atoms with Crippen molar-refractivity contribution >= 4 is 39.2 Å². The maximum atomic E-state index is 12.2. The van der Waals surface area contributed by atoms with Gasteiger partial charge in [-0.05, 0) is 54.6 Å². The second kappa shape index (κ2) is 7.76. The van der Waals surface area contributed by atoms with E-state index in [1.54, 1.807) is 37.4 Å². The molecule has 0 aliphatic heterocycles. The van der Waals surface area contributed by atoms with Crippen LogP contribution in [0.25, 0.3) is 0 Å². The molecule has 3 aromatic rings. The monoisotopic (exact) mass is 398 g/mol. The van der Waals surface area contributed by atoms with Gasteiger partial charge in [0.25, 0.3) is 5.91 Å². The Morgan fingerprint density at radius 3 is 2.36 bits per heavy atom. The van der Waals surface area contributed by atoms with Crippen LogP contribution in [0.1, 0.15) is 10.4 Å². The van der Waals surface area contributed by atoms with Gasteiger partial charge in [-0.1, -0.05) is 22.0 Å². The zero-order valence-corrected chi connectivity index (χ0v) is 14.9. The van der Waals surface area contributed by atoms with Crippen LogP contribution in [0.4, 0.5) is 17.3 Å². The first kappa shape index (κ1) is 16.9. The molecule has 1 heterocycles. The van der Waals surface area contributed by atoms with Gasteiger partial charge in [-0.25, -0.2) is 0 Å². The fraction of sp³-hybridized carbons (Fsp3) is 0.0556. The smallest absolute Gasteiger partial charge is 0.256 e. The van der Waals surface area contributed by atoms with E-state index in [0.717, 1.165) is 15.9 Å². The van der Waals surface area contributed by atoms with Crippen LogP contribution in [0, 0.1) is 0 Å². The number of halogens is 1. The number of nitrogens with one attached hydrogen (secondary N) is 2. The highest BCUT2D eigenvalue weighted by molar-refractivity contribution is 9.10. The number of hydrogen-bond acceptors (Lipinski definition) is 5. The molecule has 0 bridgehead atoms. The topological polar surface area (TPSA) is 76.1 Å². The van der Waals surface area contributed by atoms with E-state index in [1.807, 2.05) is 30.3 Å². The SMILES string of the molecule is COc1ccc(Nc2ccc(NC(=O)c3cccc(Br)c3)nn2)cc1. The molecule has 0 atom stereocenters. The molecule has 3 rings (SSSR count). The Hall–Kier alpha value is -2.93. The number of methoxy groups -OCH3 is 1. The quantitative estimate of drug-likeness (QED) is 0.671. The van der Waals surface area contributed by atoms with Gasteiger partial charge in [0.1, 0.15) is 5.75 Å². The van der Waals surface area contributed by atoms with Crippen molar-refractivity contribution in [2.24, 2.45) is 0 Å². The van der Waals surface area contributed by atoms with Crippen molar-refractivity contribution in [2.45, 2.75) is 0 Å². The fourth-order valence-corrected chi connectivity index (χ4v) is 2.51. The lowest BCUT2D eigenvalue weighted by molar-refractivity contribution is 0.102. The fourth-order valence-electron chi connectivity index (χ4n) is 2.11. The van der Waals surface area contributed by atoms with Gasteiger partial charge in [0, 0.05) is 15.7 Å². The van der Waals surface area contributed by atoms with E-state index in [9.17, 15) is 4.79 Å². The lowest BCUT2D eigenvalue weighted by Crippen LogP contribution is -2.13. The molecule has 6 nitrogen and oxygen atoms in total. The van der Waals surface area contributed by atoms with Gasteiger partial charge < -0.3 is 15.4 Å². The van der Waals surface area contributed by atoms with Crippen LogP contribution in [-0.2, 0) is 0 Å². The van der Waals surface area contributed by atoms with E-state index < -0.39 is 0 Å². The molecule has 25 heavy (non-hydrogen) atoms. The summed E-state index contributed by atoms with van der Waals surface area (Å²) in [6, 6.07) is 18.0. The van der Waals surface area contributed by atoms with Crippen LogP contribution in [0.3, 0.4) is 0 Å². The van der Waals surface area contributed by atoms with Crippen LogP contribution < -0.4 is 15.4 Å². The lowest BCUT2D eigenvalue weighted by Gasteiger charge is -2.07. The number of nitrogens with zero attached hydrogens (tertiary/aromatic N) is 2. The first-order valence-electron chi connectivity index (χ1n) is 7.46. The molecule has 0 unspecified atom stereocenters. The first-order valence-corrected chi connectivity index (χ1v) is 8.25. The van der Waals surface area contributed by atoms with Crippen molar-refractivity contribution in [3.63, 3.8) is 0 Å². The van der Waals surface area contributed by atoms with Crippen molar-refractivity contribution < 1.29 is 9.53 Å². The van der Waals surface area contributed by atoms with Crippen LogP contribution >= 0.6 is 15.9 Å². The normalized spacial score (nSPS) is 10.2. The molecule has 0 fully saturated rings. The molecule has 7 heteroatoms. The molecule has 0 saturated carbocycles. The number of benzene rings is 2. The number of aromatic nitrogens is 2. The Morgan fingerprint density at radius 1 is 1.00 bits per heavy atom. The van der Waals surface area contributed by atoms with E-state index in [0.29, 0.717) is 17.2 Å². The minimum atomic E-state index is -0.244. The Morgan fingerprint density at radius 2 is 1.72 bits per heavy atom. The van der Waals surface area contributed by atoms with Crippen molar-refractivity contribution in [1.82, 2.24) is 10.2 Å². The third kappa shape index (κ3) is 4.54. The minimum absolute atomic E-state index is 0.244. The number of carbonyl (C=O) groups excluding carboxylic acids is 1. The molecule has 0 aliphatic carbocycles. The molecule has 1 amide bonds. The van der Waals surface area contributed by atoms with Crippen LogP contribution in [0.15, 0.2) is 65.1 Å². The molecule has 0 saturated heterocycles. The van der Waals surface area contributed by atoms with Crippen molar-refractivity contribution in [3.8, 4) is 5.75 Å². The summed E-state index contributed by atoms with van der Waals surface area (Å²) in [5.74, 6) is 1.49. The number of carbonyl (C=O) groups is 1. The third-order valence-electron chi connectivity index (χ3n) is 3.36. The third-order valence-corrected chi connectivity index (χ3v) is 3.85. The van der Waals surface area contributed by atoms with Gasteiger partial charge in [-0.15, -0.1) is 10.2 Å². The Kier molecular flexibility index (Phi) is 5.25.